The molecule has 1 fully saturated rings. The molecule has 0 aromatic carbocycles. The van der Waals surface area contributed by atoms with Gasteiger partial charge in [0.15, 0.2) is 0 Å². The van der Waals surface area contributed by atoms with E-state index in [1.54, 1.807) is 6.20 Å². The summed E-state index contributed by atoms with van der Waals surface area (Å²) in [6.45, 7) is 4.10. The molecule has 0 unspecified atom stereocenters. The fraction of sp³-hybridized carbons (Fsp3) is 0.412. The number of aromatic nitrogens is 2. The van der Waals surface area contributed by atoms with Gasteiger partial charge < -0.3 is 19.5 Å². The molecule has 0 bridgehead atoms. The number of hydrogen-bond acceptors (Lipinski definition) is 3. The standard InChI is InChI=1S/C17H20N4O2/c22-17(21-8-10-23-11-9-21)20-6-3-13(4-7-20)15-12-19-16-14(15)2-1-5-18-16/h1-3,5,12H,4,6-11H2,(H,18,19). The predicted molar refractivity (Wildman–Crippen MR) is 88.0 cm³/mol. The third-order valence-electron chi connectivity index (χ3n) is 4.56. The van der Waals surface area contributed by atoms with Crippen molar-refractivity contribution >= 4 is 22.6 Å². The summed E-state index contributed by atoms with van der Waals surface area (Å²) in [5.41, 5.74) is 3.40. The first-order chi connectivity index (χ1) is 11.3. The Balaban J connectivity index is 1.49. The Hall–Kier alpha value is -2.34. The molecule has 0 radical (unpaired) electrons. The quantitative estimate of drug-likeness (QED) is 0.877. The van der Waals surface area contributed by atoms with Gasteiger partial charge in [-0.25, -0.2) is 9.78 Å². The maximum atomic E-state index is 12.5. The Morgan fingerprint density at radius 1 is 1.22 bits per heavy atom. The third kappa shape index (κ3) is 2.70. The molecule has 2 amide bonds. The van der Waals surface area contributed by atoms with E-state index in [1.807, 2.05) is 22.1 Å². The number of nitrogens with zero attached hydrogens (tertiary/aromatic N) is 3. The average molecular weight is 312 g/mol. The number of ether oxygens (including phenoxy) is 1. The molecule has 0 aliphatic carbocycles. The largest absolute Gasteiger partial charge is 0.378 e. The van der Waals surface area contributed by atoms with Gasteiger partial charge in [-0.2, -0.15) is 0 Å². The summed E-state index contributed by atoms with van der Waals surface area (Å²) in [6, 6.07) is 4.17. The first kappa shape index (κ1) is 14.3. The van der Waals surface area contributed by atoms with Crippen molar-refractivity contribution in [3.8, 4) is 0 Å². The van der Waals surface area contributed by atoms with E-state index in [-0.39, 0.29) is 6.03 Å². The summed E-state index contributed by atoms with van der Waals surface area (Å²) in [6.07, 6.45) is 6.85. The van der Waals surface area contributed by atoms with Crippen LogP contribution in [-0.4, -0.2) is 65.2 Å². The second-order valence-electron chi connectivity index (χ2n) is 5.91. The van der Waals surface area contributed by atoms with Crippen molar-refractivity contribution < 1.29 is 9.53 Å². The number of urea groups is 1. The molecule has 1 saturated heterocycles. The van der Waals surface area contributed by atoms with Gasteiger partial charge in [-0.15, -0.1) is 0 Å². The first-order valence-corrected chi connectivity index (χ1v) is 8.06. The number of morpholine rings is 1. The van der Waals surface area contributed by atoms with E-state index < -0.39 is 0 Å². The van der Waals surface area contributed by atoms with Gasteiger partial charge in [-0.05, 0) is 24.1 Å². The second kappa shape index (κ2) is 6.04. The van der Waals surface area contributed by atoms with E-state index in [0.29, 0.717) is 32.8 Å². The summed E-state index contributed by atoms with van der Waals surface area (Å²) in [5.74, 6) is 0. The van der Waals surface area contributed by atoms with Crippen molar-refractivity contribution in [2.24, 2.45) is 0 Å². The second-order valence-corrected chi connectivity index (χ2v) is 5.91. The van der Waals surface area contributed by atoms with Crippen LogP contribution in [0.2, 0.25) is 0 Å². The van der Waals surface area contributed by atoms with Gasteiger partial charge in [-0.3, -0.25) is 0 Å². The molecule has 120 valence electrons. The van der Waals surface area contributed by atoms with Crippen LogP contribution in [0.15, 0.2) is 30.6 Å². The van der Waals surface area contributed by atoms with Crippen LogP contribution in [-0.2, 0) is 4.74 Å². The van der Waals surface area contributed by atoms with Gasteiger partial charge in [0.2, 0.25) is 0 Å². The van der Waals surface area contributed by atoms with Crippen LogP contribution in [0.1, 0.15) is 12.0 Å². The minimum atomic E-state index is 0.129. The van der Waals surface area contributed by atoms with Gasteiger partial charge in [0, 0.05) is 49.5 Å². The molecule has 1 N–H and O–H groups in total. The van der Waals surface area contributed by atoms with E-state index in [1.165, 1.54) is 11.1 Å². The van der Waals surface area contributed by atoms with Gasteiger partial charge >= 0.3 is 6.03 Å². The lowest BCUT2D eigenvalue weighted by atomic mass is 10.00. The van der Waals surface area contributed by atoms with Gasteiger partial charge in [0.25, 0.3) is 0 Å². The van der Waals surface area contributed by atoms with Gasteiger partial charge in [0.05, 0.1) is 13.2 Å². The molecule has 2 aliphatic heterocycles. The maximum Gasteiger partial charge on any atom is 0.320 e. The highest BCUT2D eigenvalue weighted by Crippen LogP contribution is 2.28. The number of amides is 2. The summed E-state index contributed by atoms with van der Waals surface area (Å²) in [4.78, 5) is 23.9. The molecule has 2 aliphatic rings. The Kier molecular flexibility index (Phi) is 3.75. The lowest BCUT2D eigenvalue weighted by Gasteiger charge is -2.34. The highest BCUT2D eigenvalue weighted by Gasteiger charge is 2.25. The van der Waals surface area contributed by atoms with E-state index in [9.17, 15) is 4.79 Å². The zero-order valence-corrected chi connectivity index (χ0v) is 13.0. The van der Waals surface area contributed by atoms with E-state index in [4.69, 9.17) is 4.74 Å². The highest BCUT2D eigenvalue weighted by molar-refractivity contribution is 5.91. The minimum absolute atomic E-state index is 0.129. The zero-order valence-electron chi connectivity index (χ0n) is 13.0. The molecule has 2 aromatic rings. The number of fused-ring (bicyclic) bond motifs is 1. The SMILES string of the molecule is O=C(N1CC=C(c2c[nH]c3ncccc23)CC1)N1CCOCC1. The van der Waals surface area contributed by atoms with Crippen LogP contribution >= 0.6 is 0 Å². The van der Waals surface area contributed by atoms with Crippen LogP contribution in [0.4, 0.5) is 4.79 Å². The average Bonchev–Trinajstić information content (AvgIpc) is 3.06. The number of H-pyrrole nitrogens is 1. The van der Waals surface area contributed by atoms with Crippen LogP contribution in [0.3, 0.4) is 0 Å². The minimum Gasteiger partial charge on any atom is -0.378 e. The molecule has 6 heteroatoms. The van der Waals surface area contributed by atoms with Crippen LogP contribution in [0, 0.1) is 0 Å². The molecular weight excluding hydrogens is 292 g/mol. The van der Waals surface area contributed by atoms with Crippen LogP contribution < -0.4 is 0 Å². The van der Waals surface area contributed by atoms with Crippen molar-refractivity contribution in [1.29, 1.82) is 0 Å². The number of nitrogens with one attached hydrogen (secondary N) is 1. The molecule has 0 saturated carbocycles. The Labute approximate surface area is 134 Å². The van der Waals surface area contributed by atoms with Crippen molar-refractivity contribution in [3.05, 3.63) is 36.2 Å². The Morgan fingerprint density at radius 3 is 2.87 bits per heavy atom. The summed E-state index contributed by atoms with van der Waals surface area (Å²) >= 11 is 0. The van der Waals surface area contributed by atoms with Crippen molar-refractivity contribution in [2.45, 2.75) is 6.42 Å². The molecule has 6 nitrogen and oxygen atoms in total. The van der Waals surface area contributed by atoms with Crippen molar-refractivity contribution in [3.63, 3.8) is 0 Å². The predicted octanol–water partition coefficient (Wildman–Crippen LogP) is 2.10. The van der Waals surface area contributed by atoms with Crippen molar-refractivity contribution in [2.75, 3.05) is 39.4 Å². The zero-order chi connectivity index (χ0) is 15.6. The van der Waals surface area contributed by atoms with Crippen LogP contribution in [0.5, 0.6) is 0 Å². The molecule has 23 heavy (non-hydrogen) atoms. The van der Waals surface area contributed by atoms with Crippen LogP contribution in [0.25, 0.3) is 16.6 Å². The first-order valence-electron chi connectivity index (χ1n) is 8.06. The third-order valence-corrected chi connectivity index (χ3v) is 4.56. The lowest BCUT2D eigenvalue weighted by Crippen LogP contribution is -2.49. The lowest BCUT2D eigenvalue weighted by molar-refractivity contribution is 0.0441. The highest BCUT2D eigenvalue weighted by atomic mass is 16.5. The molecule has 4 heterocycles. The van der Waals surface area contributed by atoms with E-state index in [2.05, 4.69) is 22.1 Å². The summed E-state index contributed by atoms with van der Waals surface area (Å²) < 4.78 is 5.31. The number of hydrogen-bond donors (Lipinski definition) is 1. The smallest absolute Gasteiger partial charge is 0.320 e. The summed E-state index contributed by atoms with van der Waals surface area (Å²) in [7, 11) is 0. The summed E-state index contributed by atoms with van der Waals surface area (Å²) in [5, 5.41) is 1.15. The normalized spacial score (nSPS) is 19.0. The number of aromatic amines is 1. The monoisotopic (exact) mass is 312 g/mol. The number of pyridine rings is 1. The fourth-order valence-electron chi connectivity index (χ4n) is 3.26. The fourth-order valence-corrected chi connectivity index (χ4v) is 3.26. The molecule has 0 atom stereocenters. The molecular formula is C17H20N4O2. The molecule has 0 spiro atoms. The number of carbonyl (C=O) groups is 1. The van der Waals surface area contributed by atoms with E-state index >= 15 is 0 Å². The molecule has 2 aromatic heterocycles. The van der Waals surface area contributed by atoms with Crippen molar-refractivity contribution in [1.82, 2.24) is 19.8 Å². The number of carbonyl (C=O) groups excluding carboxylic acids is 1. The van der Waals surface area contributed by atoms with E-state index in [0.717, 1.165) is 24.0 Å². The topological polar surface area (TPSA) is 61.5 Å². The Bertz CT molecular complexity index is 746. The molecule has 4 rings (SSSR count). The Morgan fingerprint density at radius 2 is 2.09 bits per heavy atom. The maximum absolute atomic E-state index is 12.5. The van der Waals surface area contributed by atoms with Gasteiger partial charge in [-0.1, -0.05) is 6.08 Å². The van der Waals surface area contributed by atoms with Gasteiger partial charge in [0.1, 0.15) is 5.65 Å². The number of rotatable bonds is 1.